The van der Waals surface area contributed by atoms with Crippen molar-refractivity contribution in [2.75, 3.05) is 13.1 Å². The monoisotopic (exact) mass is 360 g/mol. The third-order valence-electron chi connectivity index (χ3n) is 3.72. The number of thiol groups is 1. The summed E-state index contributed by atoms with van der Waals surface area (Å²) in [6, 6.07) is 0. The minimum Gasteiger partial charge on any atom is -0.444 e. The maximum Gasteiger partial charge on any atom is 0.410 e. The first kappa shape index (κ1) is 20.8. The fraction of sp³-hybridized carbons (Fsp3) is 0.941. The number of nitrogens with zero attached hydrogens (tertiary/aromatic N) is 1. The molecule has 0 saturated carbocycles. The molecule has 0 bridgehead atoms. The van der Waals surface area contributed by atoms with Crippen LogP contribution in [-0.2, 0) is 9.16 Å². The van der Waals surface area contributed by atoms with Gasteiger partial charge in [-0.3, -0.25) is 0 Å². The van der Waals surface area contributed by atoms with Gasteiger partial charge in [0.15, 0.2) is 0 Å². The fourth-order valence-electron chi connectivity index (χ4n) is 2.85. The second kappa shape index (κ2) is 7.79. The van der Waals surface area contributed by atoms with Gasteiger partial charge in [0.25, 0.3) is 0 Å². The summed E-state index contributed by atoms with van der Waals surface area (Å²) in [5, 5.41) is 0.329. The Kier molecular flexibility index (Phi) is 7.05. The lowest BCUT2D eigenvalue weighted by Crippen LogP contribution is -2.52. The second-order valence-electron chi connectivity index (χ2n) is 8.71. The molecule has 135 valence electrons. The van der Waals surface area contributed by atoms with Crippen LogP contribution in [0.3, 0.4) is 0 Å². The zero-order valence-electron chi connectivity index (χ0n) is 16.0. The molecule has 6 heteroatoms. The lowest BCUT2D eigenvalue weighted by Gasteiger charge is -2.41. The lowest BCUT2D eigenvalue weighted by molar-refractivity contribution is 0.00794. The summed E-state index contributed by atoms with van der Waals surface area (Å²) < 4.78 is 12.0. The summed E-state index contributed by atoms with van der Waals surface area (Å²) in [5.74, 6) is 0. The van der Waals surface area contributed by atoms with Gasteiger partial charge in [0, 0.05) is 11.8 Å². The van der Waals surface area contributed by atoms with E-state index in [1.165, 1.54) is 0 Å². The highest BCUT2D eigenvalue weighted by atomic mass is 32.1. The smallest absolute Gasteiger partial charge is 0.410 e. The maximum absolute atomic E-state index is 12.3. The Labute approximate surface area is 149 Å². The number of carbonyl (C=O) groups excluding carboxylic acids is 1. The highest BCUT2D eigenvalue weighted by Gasteiger charge is 2.39. The molecule has 2 atom stereocenters. The standard InChI is InChI=1S/C17H34NO3SSi/c1-12(2)23(17(6,7)8)21-13-11-18(10-9-14(13)22)15(19)20-16(3,4)5/h12-14,22H,9-11H2,1-8H3. The first-order valence-corrected chi connectivity index (χ1v) is 10.5. The molecule has 1 aliphatic rings. The number of ether oxygens (including phenoxy) is 1. The quantitative estimate of drug-likeness (QED) is 0.594. The van der Waals surface area contributed by atoms with E-state index in [1.807, 2.05) is 20.8 Å². The van der Waals surface area contributed by atoms with E-state index < -0.39 is 14.6 Å². The normalized spacial score (nSPS) is 23.5. The maximum atomic E-state index is 12.3. The number of amides is 1. The van der Waals surface area contributed by atoms with E-state index >= 15 is 0 Å². The Morgan fingerprint density at radius 3 is 2.22 bits per heavy atom. The highest BCUT2D eigenvalue weighted by molar-refractivity contribution is 7.81. The molecule has 1 heterocycles. The van der Waals surface area contributed by atoms with Crippen molar-refractivity contribution in [3.63, 3.8) is 0 Å². The predicted octanol–water partition coefficient (Wildman–Crippen LogP) is 4.51. The average Bonchev–Trinajstić information content (AvgIpc) is 2.33. The zero-order chi connectivity index (χ0) is 18.0. The van der Waals surface area contributed by atoms with Gasteiger partial charge in [0.05, 0.1) is 12.6 Å². The molecule has 0 aliphatic carbocycles. The molecule has 0 aromatic carbocycles. The van der Waals surface area contributed by atoms with Crippen molar-refractivity contribution in [1.82, 2.24) is 4.90 Å². The van der Waals surface area contributed by atoms with Gasteiger partial charge in [0.1, 0.15) is 5.60 Å². The van der Waals surface area contributed by atoms with Crippen LogP contribution in [-0.4, -0.2) is 50.1 Å². The lowest BCUT2D eigenvalue weighted by atomic mass is 10.1. The summed E-state index contributed by atoms with van der Waals surface area (Å²) in [5.41, 5.74) is 0.0428. The van der Waals surface area contributed by atoms with Crippen LogP contribution in [0.1, 0.15) is 61.8 Å². The van der Waals surface area contributed by atoms with Crippen molar-refractivity contribution in [1.29, 1.82) is 0 Å². The van der Waals surface area contributed by atoms with Crippen LogP contribution < -0.4 is 0 Å². The zero-order valence-corrected chi connectivity index (χ0v) is 17.9. The number of rotatable bonds is 3. The Morgan fingerprint density at radius 2 is 1.78 bits per heavy atom. The highest BCUT2D eigenvalue weighted by Crippen LogP contribution is 2.36. The van der Waals surface area contributed by atoms with Gasteiger partial charge in [-0.05, 0) is 37.8 Å². The van der Waals surface area contributed by atoms with E-state index in [0.717, 1.165) is 6.42 Å². The van der Waals surface area contributed by atoms with Gasteiger partial charge in [-0.15, -0.1) is 0 Å². The van der Waals surface area contributed by atoms with Crippen LogP contribution in [0.25, 0.3) is 0 Å². The number of hydrogen-bond donors (Lipinski definition) is 1. The molecule has 0 aromatic rings. The first-order chi connectivity index (χ1) is 10.3. The molecule has 1 saturated heterocycles. The van der Waals surface area contributed by atoms with Crippen LogP contribution in [0.2, 0.25) is 10.6 Å². The van der Waals surface area contributed by atoms with Gasteiger partial charge >= 0.3 is 6.09 Å². The largest absolute Gasteiger partial charge is 0.444 e. The molecule has 0 N–H and O–H groups in total. The van der Waals surface area contributed by atoms with Gasteiger partial charge in [0.2, 0.25) is 9.04 Å². The Balaban J connectivity index is 2.76. The molecular weight excluding hydrogens is 326 g/mol. The first-order valence-electron chi connectivity index (χ1n) is 8.51. The Hall–Kier alpha value is -0.203. The molecule has 0 spiro atoms. The van der Waals surface area contributed by atoms with Crippen molar-refractivity contribution in [2.45, 2.75) is 89.3 Å². The molecule has 1 radical (unpaired) electrons. The van der Waals surface area contributed by atoms with E-state index in [0.29, 0.717) is 18.6 Å². The summed E-state index contributed by atoms with van der Waals surface area (Å²) in [6.07, 6.45) is 0.570. The van der Waals surface area contributed by atoms with Gasteiger partial charge in [-0.1, -0.05) is 34.6 Å². The van der Waals surface area contributed by atoms with Gasteiger partial charge < -0.3 is 14.1 Å². The summed E-state index contributed by atoms with van der Waals surface area (Å²) in [4.78, 5) is 14.1. The topological polar surface area (TPSA) is 38.8 Å². The van der Waals surface area contributed by atoms with Crippen molar-refractivity contribution in [2.24, 2.45) is 0 Å². The molecule has 0 aromatic heterocycles. The molecule has 1 fully saturated rings. The van der Waals surface area contributed by atoms with E-state index in [1.54, 1.807) is 4.90 Å². The van der Waals surface area contributed by atoms with Crippen molar-refractivity contribution < 1.29 is 14.0 Å². The van der Waals surface area contributed by atoms with Gasteiger partial charge in [-0.2, -0.15) is 12.6 Å². The van der Waals surface area contributed by atoms with Crippen molar-refractivity contribution in [3.8, 4) is 0 Å². The van der Waals surface area contributed by atoms with E-state index in [4.69, 9.17) is 21.8 Å². The second-order valence-corrected chi connectivity index (χ2v) is 13.0. The predicted molar refractivity (Wildman–Crippen MR) is 101 cm³/mol. The number of hydrogen-bond acceptors (Lipinski definition) is 4. The molecule has 23 heavy (non-hydrogen) atoms. The summed E-state index contributed by atoms with van der Waals surface area (Å²) >= 11 is 4.70. The van der Waals surface area contributed by atoms with Crippen LogP contribution >= 0.6 is 12.6 Å². The third-order valence-corrected chi connectivity index (χ3v) is 7.39. The van der Waals surface area contributed by atoms with Crippen LogP contribution in [0, 0.1) is 0 Å². The average molecular weight is 361 g/mol. The molecular formula is C17H34NO3SSi. The SMILES string of the molecule is CC(C)[Si](OC1CN(C(=O)OC(C)(C)C)CCC1S)C(C)(C)C. The number of carbonyl (C=O) groups is 1. The van der Waals surface area contributed by atoms with Gasteiger partial charge in [-0.25, -0.2) is 4.79 Å². The molecule has 2 unspecified atom stereocenters. The van der Waals surface area contributed by atoms with Crippen molar-refractivity contribution >= 4 is 27.8 Å². The van der Waals surface area contributed by atoms with Crippen molar-refractivity contribution in [3.05, 3.63) is 0 Å². The van der Waals surface area contributed by atoms with E-state index in [-0.39, 0.29) is 22.5 Å². The summed E-state index contributed by atoms with van der Waals surface area (Å²) in [7, 11) is -1.02. The Bertz CT molecular complexity index is 404. The molecule has 1 aliphatic heterocycles. The molecule has 1 amide bonds. The third kappa shape index (κ3) is 6.67. The number of likely N-dealkylation sites (tertiary alicyclic amines) is 1. The minimum absolute atomic E-state index is 0.0184. The van der Waals surface area contributed by atoms with Crippen LogP contribution in [0.5, 0.6) is 0 Å². The van der Waals surface area contributed by atoms with Crippen LogP contribution in [0.4, 0.5) is 4.79 Å². The van der Waals surface area contributed by atoms with E-state index in [9.17, 15) is 4.79 Å². The van der Waals surface area contributed by atoms with Crippen LogP contribution in [0.15, 0.2) is 0 Å². The summed E-state index contributed by atoms with van der Waals surface area (Å²) in [6.45, 7) is 18.1. The van der Waals surface area contributed by atoms with E-state index in [2.05, 4.69) is 34.6 Å². The minimum atomic E-state index is -1.02. The number of piperidine rings is 1. The Morgan fingerprint density at radius 1 is 1.22 bits per heavy atom. The fourth-order valence-corrected chi connectivity index (χ4v) is 6.16. The molecule has 1 rings (SSSR count). The molecule has 4 nitrogen and oxygen atoms in total.